The zero-order valence-corrected chi connectivity index (χ0v) is 17.5. The number of benzene rings is 3. The van der Waals surface area contributed by atoms with Gasteiger partial charge in [-0.3, -0.25) is 9.52 Å². The Morgan fingerprint density at radius 1 is 0.871 bits per heavy atom. The number of hydrogen-bond donors (Lipinski definition) is 2. The Bertz CT molecular complexity index is 1300. The normalized spacial score (nSPS) is 11.1. The monoisotopic (exact) mass is 432 g/mol. The summed E-state index contributed by atoms with van der Waals surface area (Å²) in [6, 6.07) is 22.3. The largest absolute Gasteiger partial charge is 0.319 e. The molecule has 0 fully saturated rings. The molecule has 8 heteroatoms. The van der Waals surface area contributed by atoms with Crippen LogP contribution in [-0.2, 0) is 10.0 Å². The first-order valence-corrected chi connectivity index (χ1v) is 11.0. The highest BCUT2D eigenvalue weighted by Crippen LogP contribution is 2.18. The highest BCUT2D eigenvalue weighted by molar-refractivity contribution is 7.92. The Labute approximate surface area is 180 Å². The summed E-state index contributed by atoms with van der Waals surface area (Å²) in [6.45, 7) is 1.93. The van der Waals surface area contributed by atoms with E-state index in [2.05, 4.69) is 15.1 Å². The van der Waals surface area contributed by atoms with E-state index in [0.29, 0.717) is 16.9 Å². The highest BCUT2D eigenvalue weighted by Gasteiger charge is 2.15. The minimum atomic E-state index is -3.75. The molecule has 156 valence electrons. The molecule has 31 heavy (non-hydrogen) atoms. The van der Waals surface area contributed by atoms with Crippen molar-refractivity contribution in [2.45, 2.75) is 11.8 Å². The van der Waals surface area contributed by atoms with Gasteiger partial charge in [0.15, 0.2) is 0 Å². The topological polar surface area (TPSA) is 93.1 Å². The van der Waals surface area contributed by atoms with Gasteiger partial charge in [-0.05, 0) is 55.5 Å². The average molecular weight is 433 g/mol. The summed E-state index contributed by atoms with van der Waals surface area (Å²) in [4.78, 5) is 12.6. The predicted octanol–water partition coefficient (Wildman–Crippen LogP) is 4.23. The van der Waals surface area contributed by atoms with Crippen LogP contribution in [0, 0.1) is 6.92 Å². The van der Waals surface area contributed by atoms with Crippen LogP contribution in [-0.4, -0.2) is 24.1 Å². The fraction of sp³-hybridized carbons (Fsp3) is 0.0435. The number of para-hydroxylation sites is 1. The number of aromatic nitrogens is 2. The summed E-state index contributed by atoms with van der Waals surface area (Å²) in [5.74, 6) is -0.358. The molecule has 0 aliphatic carbocycles. The van der Waals surface area contributed by atoms with Gasteiger partial charge in [-0.25, -0.2) is 13.1 Å². The van der Waals surface area contributed by atoms with Crippen molar-refractivity contribution in [3.05, 3.63) is 102 Å². The lowest BCUT2D eigenvalue weighted by atomic mass is 10.2. The van der Waals surface area contributed by atoms with E-state index < -0.39 is 10.0 Å². The molecule has 0 spiro atoms. The maximum absolute atomic E-state index is 12.6. The molecular formula is C23H20N4O3S. The Balaban J connectivity index is 1.44. The summed E-state index contributed by atoms with van der Waals surface area (Å²) >= 11 is 0. The van der Waals surface area contributed by atoms with E-state index in [-0.39, 0.29) is 10.8 Å². The maximum Gasteiger partial charge on any atom is 0.261 e. The quantitative estimate of drug-likeness (QED) is 0.477. The van der Waals surface area contributed by atoms with Crippen molar-refractivity contribution in [1.29, 1.82) is 0 Å². The van der Waals surface area contributed by atoms with Crippen LogP contribution in [0.15, 0.2) is 96.2 Å². The molecule has 1 heterocycles. The van der Waals surface area contributed by atoms with Gasteiger partial charge in [0.2, 0.25) is 0 Å². The SMILES string of the molecule is Cc1ccc(NS(=O)(=O)c2ccc(C(=O)Nc3cnn(-c4ccccc4)c3)cc2)cc1. The lowest BCUT2D eigenvalue weighted by molar-refractivity contribution is 0.102. The van der Waals surface area contributed by atoms with Crippen LogP contribution in [0.25, 0.3) is 5.69 Å². The minimum Gasteiger partial charge on any atom is -0.319 e. The van der Waals surface area contributed by atoms with E-state index in [1.54, 1.807) is 29.2 Å². The third-order valence-corrected chi connectivity index (χ3v) is 5.99. The standard InChI is InChI=1S/C23H20N4O3S/c1-17-7-11-19(12-8-17)26-31(29,30)22-13-9-18(10-14-22)23(28)25-20-15-24-27(16-20)21-5-3-2-4-6-21/h2-16,26H,1H3,(H,25,28). The Morgan fingerprint density at radius 2 is 1.55 bits per heavy atom. The molecule has 7 nitrogen and oxygen atoms in total. The van der Waals surface area contributed by atoms with Crippen LogP contribution in [0.2, 0.25) is 0 Å². The van der Waals surface area contributed by atoms with Crippen molar-refractivity contribution in [3.8, 4) is 5.69 Å². The van der Waals surface area contributed by atoms with Gasteiger partial charge >= 0.3 is 0 Å². The average Bonchev–Trinajstić information content (AvgIpc) is 3.24. The van der Waals surface area contributed by atoms with Crippen LogP contribution in [0.5, 0.6) is 0 Å². The second kappa shape index (κ2) is 8.45. The van der Waals surface area contributed by atoms with Crippen molar-refractivity contribution in [3.63, 3.8) is 0 Å². The van der Waals surface area contributed by atoms with Crippen molar-refractivity contribution in [1.82, 2.24) is 9.78 Å². The molecule has 3 aromatic carbocycles. The number of aryl methyl sites for hydroxylation is 1. The second-order valence-corrected chi connectivity index (χ2v) is 8.64. The first-order valence-electron chi connectivity index (χ1n) is 9.52. The van der Waals surface area contributed by atoms with E-state index in [1.807, 2.05) is 49.4 Å². The number of hydrogen-bond acceptors (Lipinski definition) is 4. The van der Waals surface area contributed by atoms with Crippen molar-refractivity contribution >= 4 is 27.3 Å². The number of carbonyl (C=O) groups is 1. The smallest absolute Gasteiger partial charge is 0.261 e. The molecule has 4 rings (SSSR count). The van der Waals surface area contributed by atoms with Gasteiger partial charge in [-0.1, -0.05) is 35.9 Å². The van der Waals surface area contributed by atoms with E-state index in [0.717, 1.165) is 11.3 Å². The zero-order chi connectivity index (χ0) is 21.8. The van der Waals surface area contributed by atoms with Gasteiger partial charge in [0, 0.05) is 11.3 Å². The Kier molecular flexibility index (Phi) is 5.55. The van der Waals surface area contributed by atoms with Gasteiger partial charge < -0.3 is 5.32 Å². The maximum atomic E-state index is 12.6. The van der Waals surface area contributed by atoms with Gasteiger partial charge in [-0.2, -0.15) is 5.10 Å². The molecule has 0 radical (unpaired) electrons. The van der Waals surface area contributed by atoms with Gasteiger partial charge in [-0.15, -0.1) is 0 Å². The first kappa shape index (κ1) is 20.4. The number of rotatable bonds is 6. The number of sulfonamides is 1. The zero-order valence-electron chi connectivity index (χ0n) is 16.7. The predicted molar refractivity (Wildman–Crippen MR) is 120 cm³/mol. The van der Waals surface area contributed by atoms with Gasteiger partial charge in [0.1, 0.15) is 0 Å². The molecule has 0 aliphatic rings. The van der Waals surface area contributed by atoms with E-state index >= 15 is 0 Å². The third kappa shape index (κ3) is 4.81. The van der Waals surface area contributed by atoms with E-state index in [9.17, 15) is 13.2 Å². The van der Waals surface area contributed by atoms with Crippen molar-refractivity contribution in [2.24, 2.45) is 0 Å². The van der Waals surface area contributed by atoms with Crippen molar-refractivity contribution < 1.29 is 13.2 Å². The molecule has 0 unspecified atom stereocenters. The molecule has 1 aromatic heterocycles. The van der Waals surface area contributed by atoms with Crippen LogP contribution >= 0.6 is 0 Å². The molecule has 0 aliphatic heterocycles. The number of amides is 1. The molecule has 0 bridgehead atoms. The lowest BCUT2D eigenvalue weighted by Crippen LogP contribution is -2.14. The number of nitrogens with zero attached hydrogens (tertiary/aromatic N) is 2. The van der Waals surface area contributed by atoms with Crippen molar-refractivity contribution in [2.75, 3.05) is 10.0 Å². The Morgan fingerprint density at radius 3 is 2.23 bits per heavy atom. The van der Waals surface area contributed by atoms with E-state index in [4.69, 9.17) is 0 Å². The molecule has 0 saturated carbocycles. The third-order valence-electron chi connectivity index (χ3n) is 4.59. The fourth-order valence-electron chi connectivity index (χ4n) is 2.93. The number of carbonyl (C=O) groups excluding carboxylic acids is 1. The highest BCUT2D eigenvalue weighted by atomic mass is 32.2. The van der Waals surface area contributed by atoms with Gasteiger partial charge in [0.25, 0.3) is 15.9 Å². The summed E-state index contributed by atoms with van der Waals surface area (Å²) in [5.41, 5.74) is 3.25. The van der Waals surface area contributed by atoms with Gasteiger partial charge in [0.05, 0.1) is 28.7 Å². The summed E-state index contributed by atoms with van der Waals surface area (Å²) < 4.78 is 29.3. The van der Waals surface area contributed by atoms with E-state index in [1.165, 1.54) is 24.3 Å². The molecule has 2 N–H and O–H groups in total. The fourth-order valence-corrected chi connectivity index (χ4v) is 3.99. The summed E-state index contributed by atoms with van der Waals surface area (Å²) in [7, 11) is -3.75. The molecule has 0 atom stereocenters. The van der Waals surface area contributed by atoms with Crippen LogP contribution in [0.1, 0.15) is 15.9 Å². The van der Waals surface area contributed by atoms with Crippen LogP contribution < -0.4 is 10.0 Å². The van der Waals surface area contributed by atoms with Crippen LogP contribution in [0.3, 0.4) is 0 Å². The molecule has 0 saturated heterocycles. The number of anilines is 2. The number of nitrogens with one attached hydrogen (secondary N) is 2. The lowest BCUT2D eigenvalue weighted by Gasteiger charge is -2.09. The molecule has 4 aromatic rings. The second-order valence-electron chi connectivity index (χ2n) is 6.96. The minimum absolute atomic E-state index is 0.0709. The molecule has 1 amide bonds. The summed E-state index contributed by atoms with van der Waals surface area (Å²) in [5, 5.41) is 7.00. The molecular weight excluding hydrogens is 412 g/mol. The summed E-state index contributed by atoms with van der Waals surface area (Å²) in [6.07, 6.45) is 3.26. The first-order chi connectivity index (χ1) is 14.9. The van der Waals surface area contributed by atoms with Crippen LogP contribution in [0.4, 0.5) is 11.4 Å². The Hall–Kier alpha value is -3.91.